The first kappa shape index (κ1) is 15.1. The molecule has 0 bridgehead atoms. The molecule has 114 valence electrons. The third-order valence-corrected chi connectivity index (χ3v) is 3.34. The van der Waals surface area contributed by atoms with Crippen molar-refractivity contribution in [2.75, 3.05) is 31.7 Å². The van der Waals surface area contributed by atoms with Crippen molar-refractivity contribution < 1.29 is 4.74 Å². The molecule has 7 heteroatoms. The molecule has 21 heavy (non-hydrogen) atoms. The van der Waals surface area contributed by atoms with Crippen LogP contribution in [0.4, 0.5) is 11.4 Å². The highest BCUT2D eigenvalue weighted by Gasteiger charge is 2.16. The van der Waals surface area contributed by atoms with E-state index < -0.39 is 0 Å². The van der Waals surface area contributed by atoms with Gasteiger partial charge in [-0.05, 0) is 30.5 Å². The Bertz CT molecular complexity index is 550. The Morgan fingerprint density at radius 3 is 2.86 bits per heavy atom. The number of rotatable bonds is 4. The zero-order valence-corrected chi connectivity index (χ0v) is 12.2. The van der Waals surface area contributed by atoms with Crippen LogP contribution >= 0.6 is 0 Å². The molecule has 0 fully saturated rings. The van der Waals surface area contributed by atoms with E-state index in [1.165, 1.54) is 11.3 Å². The molecular weight excluding hydrogens is 268 g/mol. The normalized spacial score (nSPS) is 14.7. The molecule has 1 aromatic rings. The van der Waals surface area contributed by atoms with Crippen molar-refractivity contribution in [3.63, 3.8) is 0 Å². The molecule has 0 aliphatic carbocycles. The first-order valence-electron chi connectivity index (χ1n) is 6.91. The average molecular weight is 290 g/mol. The van der Waals surface area contributed by atoms with Gasteiger partial charge in [0.1, 0.15) is 0 Å². The first-order chi connectivity index (χ1) is 10.1. The Kier molecular flexibility index (Phi) is 4.99. The zero-order valence-electron chi connectivity index (χ0n) is 12.2. The lowest BCUT2D eigenvalue weighted by atomic mass is 10.0. The average Bonchev–Trinajstić information content (AvgIpc) is 2.44. The van der Waals surface area contributed by atoms with Crippen molar-refractivity contribution in [3.05, 3.63) is 23.8 Å². The molecule has 0 spiro atoms. The molecule has 7 nitrogen and oxygen atoms in total. The van der Waals surface area contributed by atoms with Gasteiger partial charge in [-0.2, -0.15) is 4.99 Å². The first-order valence-corrected chi connectivity index (χ1v) is 6.91. The lowest BCUT2D eigenvalue weighted by molar-refractivity contribution is 0.205. The molecule has 0 aromatic heterocycles. The molecule has 0 radical (unpaired) electrons. The van der Waals surface area contributed by atoms with E-state index in [9.17, 15) is 0 Å². The molecule has 0 saturated carbocycles. The fraction of sp³-hybridized carbons (Fsp3) is 0.429. The largest absolute Gasteiger partial charge is 0.383 e. The summed E-state index contributed by atoms with van der Waals surface area (Å²) in [5.41, 5.74) is 19.5. The predicted octanol–water partition coefficient (Wildman–Crippen LogP) is 0.305. The van der Waals surface area contributed by atoms with Crippen LogP contribution in [0, 0.1) is 0 Å². The van der Waals surface area contributed by atoms with Crippen LogP contribution in [0.15, 0.2) is 28.2 Å². The Morgan fingerprint density at radius 2 is 2.14 bits per heavy atom. The molecule has 1 heterocycles. The number of methoxy groups -OCH3 is 1. The second-order valence-electron chi connectivity index (χ2n) is 4.90. The number of benzene rings is 1. The van der Waals surface area contributed by atoms with E-state index in [0.29, 0.717) is 6.61 Å². The van der Waals surface area contributed by atoms with Gasteiger partial charge in [0.05, 0.1) is 12.3 Å². The molecule has 1 aromatic carbocycles. The summed E-state index contributed by atoms with van der Waals surface area (Å²) >= 11 is 0. The topological polar surface area (TPSA) is 115 Å². The number of hydrogen-bond acceptors (Lipinski definition) is 3. The summed E-state index contributed by atoms with van der Waals surface area (Å²) in [5, 5.41) is 0. The number of guanidine groups is 2. The zero-order chi connectivity index (χ0) is 15.2. The van der Waals surface area contributed by atoms with Crippen LogP contribution in [-0.4, -0.2) is 38.7 Å². The minimum absolute atomic E-state index is 0.0502. The molecule has 0 unspecified atom stereocenters. The van der Waals surface area contributed by atoms with Gasteiger partial charge in [0.2, 0.25) is 5.96 Å². The van der Waals surface area contributed by atoms with Crippen molar-refractivity contribution in [2.24, 2.45) is 27.2 Å². The predicted molar refractivity (Wildman–Crippen MR) is 85.9 cm³/mol. The highest BCUT2D eigenvalue weighted by Crippen LogP contribution is 2.30. The molecule has 6 N–H and O–H groups in total. The van der Waals surface area contributed by atoms with Crippen LogP contribution in [-0.2, 0) is 11.2 Å². The number of nitrogens with zero attached hydrogens (tertiary/aromatic N) is 3. The number of fused-ring (bicyclic) bond motifs is 1. The SMILES string of the molecule is COCCN1CCCc2ccc(N=C(N)N=C(N)N)cc21. The summed E-state index contributed by atoms with van der Waals surface area (Å²) in [7, 11) is 1.71. The van der Waals surface area contributed by atoms with E-state index in [0.717, 1.165) is 31.6 Å². The molecule has 1 aliphatic rings. The van der Waals surface area contributed by atoms with Crippen molar-refractivity contribution in [1.82, 2.24) is 0 Å². The van der Waals surface area contributed by atoms with Gasteiger partial charge in [-0.3, -0.25) is 0 Å². The highest BCUT2D eigenvalue weighted by molar-refractivity contribution is 5.93. The number of aryl methyl sites for hydroxylation is 1. The number of nitrogens with two attached hydrogens (primary N) is 3. The fourth-order valence-electron chi connectivity index (χ4n) is 2.43. The standard InChI is InChI=1S/C14H22N6O/c1-21-8-7-20-6-2-3-10-4-5-11(9-12(10)20)18-14(17)19-13(15)16/h4-5,9H,2-3,6-8H2,1H3,(H6,15,16,17,18,19). The van der Waals surface area contributed by atoms with Gasteiger partial charge in [0.15, 0.2) is 5.96 Å². The van der Waals surface area contributed by atoms with E-state index in [2.05, 4.69) is 21.0 Å². The quantitative estimate of drug-likeness (QED) is 0.545. The Morgan fingerprint density at radius 1 is 1.33 bits per heavy atom. The monoisotopic (exact) mass is 290 g/mol. The number of anilines is 1. The van der Waals surface area contributed by atoms with Gasteiger partial charge >= 0.3 is 0 Å². The molecule has 0 saturated heterocycles. The van der Waals surface area contributed by atoms with Gasteiger partial charge < -0.3 is 26.8 Å². The van der Waals surface area contributed by atoms with E-state index in [4.69, 9.17) is 21.9 Å². The van der Waals surface area contributed by atoms with Crippen LogP contribution < -0.4 is 22.1 Å². The van der Waals surface area contributed by atoms with Crippen molar-refractivity contribution >= 4 is 23.3 Å². The third-order valence-electron chi connectivity index (χ3n) is 3.34. The lowest BCUT2D eigenvalue weighted by Crippen LogP contribution is -2.32. The Balaban J connectivity index is 2.25. The lowest BCUT2D eigenvalue weighted by Gasteiger charge is -2.31. The van der Waals surface area contributed by atoms with E-state index in [1.807, 2.05) is 12.1 Å². The van der Waals surface area contributed by atoms with Gasteiger partial charge in [-0.1, -0.05) is 6.07 Å². The summed E-state index contributed by atoms with van der Waals surface area (Å²) in [6.07, 6.45) is 2.22. The maximum atomic E-state index is 5.67. The maximum Gasteiger partial charge on any atom is 0.223 e. The molecule has 0 amide bonds. The smallest absolute Gasteiger partial charge is 0.223 e. The van der Waals surface area contributed by atoms with Gasteiger partial charge in [0.25, 0.3) is 0 Å². The summed E-state index contributed by atoms with van der Waals surface area (Å²) < 4.78 is 5.16. The number of ether oxygens (including phenoxy) is 1. The Hall–Kier alpha value is -2.28. The Labute approximate surface area is 124 Å². The van der Waals surface area contributed by atoms with E-state index in [1.54, 1.807) is 7.11 Å². The minimum Gasteiger partial charge on any atom is -0.383 e. The molecule has 0 atom stereocenters. The van der Waals surface area contributed by atoms with Gasteiger partial charge in [0, 0.05) is 25.9 Å². The van der Waals surface area contributed by atoms with Crippen LogP contribution in [0.3, 0.4) is 0 Å². The number of aliphatic imine (C=N–C) groups is 2. The minimum atomic E-state index is -0.101. The van der Waals surface area contributed by atoms with Crippen LogP contribution in [0.2, 0.25) is 0 Å². The van der Waals surface area contributed by atoms with Crippen molar-refractivity contribution in [2.45, 2.75) is 12.8 Å². The van der Waals surface area contributed by atoms with Crippen LogP contribution in [0.25, 0.3) is 0 Å². The van der Waals surface area contributed by atoms with Crippen molar-refractivity contribution in [1.29, 1.82) is 0 Å². The van der Waals surface area contributed by atoms with Gasteiger partial charge in [-0.15, -0.1) is 0 Å². The highest BCUT2D eigenvalue weighted by atomic mass is 16.5. The summed E-state index contributed by atoms with van der Waals surface area (Å²) in [6.45, 7) is 2.58. The molecular formula is C14H22N6O. The van der Waals surface area contributed by atoms with E-state index in [-0.39, 0.29) is 11.9 Å². The van der Waals surface area contributed by atoms with Gasteiger partial charge in [-0.25, -0.2) is 4.99 Å². The van der Waals surface area contributed by atoms with Crippen LogP contribution in [0.5, 0.6) is 0 Å². The third kappa shape index (κ3) is 4.09. The van der Waals surface area contributed by atoms with E-state index >= 15 is 0 Å². The summed E-state index contributed by atoms with van der Waals surface area (Å²) in [4.78, 5) is 10.2. The second kappa shape index (κ2) is 6.94. The fourth-order valence-corrected chi connectivity index (χ4v) is 2.43. The number of hydrogen-bond donors (Lipinski definition) is 3. The second-order valence-corrected chi connectivity index (χ2v) is 4.90. The van der Waals surface area contributed by atoms with Crippen molar-refractivity contribution in [3.8, 4) is 0 Å². The molecule has 1 aliphatic heterocycles. The van der Waals surface area contributed by atoms with Crippen LogP contribution in [0.1, 0.15) is 12.0 Å². The molecule has 2 rings (SSSR count). The maximum absolute atomic E-state index is 5.67. The summed E-state index contributed by atoms with van der Waals surface area (Å²) in [5.74, 6) is -0.0508. The summed E-state index contributed by atoms with van der Waals surface area (Å²) in [6, 6.07) is 6.02.